The van der Waals surface area contributed by atoms with Gasteiger partial charge in [0.1, 0.15) is 0 Å². The first-order valence-corrected chi connectivity index (χ1v) is 6.13. The highest BCUT2D eigenvalue weighted by atomic mass is 79.9. The Morgan fingerprint density at radius 1 is 1.50 bits per heavy atom. The highest BCUT2D eigenvalue weighted by Crippen LogP contribution is 2.20. The van der Waals surface area contributed by atoms with Gasteiger partial charge in [-0.2, -0.15) is 5.10 Å². The summed E-state index contributed by atoms with van der Waals surface area (Å²) in [5, 5.41) is 10.4. The molecule has 0 aliphatic rings. The molecule has 0 radical (unpaired) electrons. The van der Waals surface area contributed by atoms with Gasteiger partial charge in [-0.3, -0.25) is 9.89 Å². The zero-order chi connectivity index (χ0) is 12.3. The summed E-state index contributed by atoms with van der Waals surface area (Å²) < 4.78 is 0.919. The third kappa shape index (κ3) is 3.22. The number of halogens is 2. The molecule has 0 atom stereocenters. The number of H-pyrrole nitrogens is 1. The molecule has 0 bridgehead atoms. The number of aromatic nitrogens is 2. The van der Waals surface area contributed by atoms with Crippen molar-refractivity contribution in [2.45, 2.75) is 6.42 Å². The van der Waals surface area contributed by atoms with Crippen LogP contribution in [0.25, 0.3) is 10.9 Å². The van der Waals surface area contributed by atoms with Crippen LogP contribution in [-0.2, 0) is 0 Å². The molecule has 2 aromatic rings. The first kappa shape index (κ1) is 14.9. The van der Waals surface area contributed by atoms with Gasteiger partial charge in [-0.05, 0) is 31.2 Å². The van der Waals surface area contributed by atoms with Gasteiger partial charge in [0.15, 0.2) is 5.69 Å². The molecule has 0 spiro atoms. The van der Waals surface area contributed by atoms with E-state index in [1.165, 1.54) is 0 Å². The minimum absolute atomic E-state index is 0. The largest absolute Gasteiger partial charge is 0.351 e. The number of nitrogens with zero attached hydrogens (tertiary/aromatic N) is 1. The fourth-order valence-electron chi connectivity index (χ4n) is 1.55. The summed E-state index contributed by atoms with van der Waals surface area (Å²) in [5.74, 6) is -0.178. The summed E-state index contributed by atoms with van der Waals surface area (Å²) in [4.78, 5) is 11.9. The number of amides is 1. The predicted molar refractivity (Wildman–Crippen MR) is 77.0 cm³/mol. The van der Waals surface area contributed by atoms with Gasteiger partial charge in [-0.15, -0.1) is 12.4 Å². The topological polar surface area (TPSA) is 83.8 Å². The van der Waals surface area contributed by atoms with E-state index in [-0.39, 0.29) is 18.3 Å². The Bertz CT molecular complexity index is 543. The molecule has 0 unspecified atom stereocenters. The Hall–Kier alpha value is -1.11. The Kier molecular flexibility index (Phi) is 5.58. The van der Waals surface area contributed by atoms with Crippen LogP contribution in [0.2, 0.25) is 0 Å². The molecule has 2 rings (SSSR count). The van der Waals surface area contributed by atoms with Gasteiger partial charge in [-0.1, -0.05) is 15.9 Å². The van der Waals surface area contributed by atoms with Crippen molar-refractivity contribution >= 4 is 45.1 Å². The van der Waals surface area contributed by atoms with E-state index in [0.29, 0.717) is 18.8 Å². The molecule has 1 heterocycles. The first-order valence-electron chi connectivity index (χ1n) is 5.34. The van der Waals surface area contributed by atoms with Crippen molar-refractivity contribution in [1.82, 2.24) is 15.5 Å². The van der Waals surface area contributed by atoms with E-state index in [2.05, 4.69) is 31.4 Å². The SMILES string of the molecule is Cl.NCCCNC(=O)c1n[nH]c2ccc(Br)cc12. The van der Waals surface area contributed by atoms with Crippen molar-refractivity contribution in [3.05, 3.63) is 28.4 Å². The average molecular weight is 334 g/mol. The van der Waals surface area contributed by atoms with Crippen LogP contribution in [0.4, 0.5) is 0 Å². The highest BCUT2D eigenvalue weighted by Gasteiger charge is 2.13. The van der Waals surface area contributed by atoms with Crippen LogP contribution in [-0.4, -0.2) is 29.2 Å². The van der Waals surface area contributed by atoms with Gasteiger partial charge in [0.2, 0.25) is 0 Å². The monoisotopic (exact) mass is 332 g/mol. The fraction of sp³-hybridized carbons (Fsp3) is 0.273. The minimum atomic E-state index is -0.178. The fourth-order valence-corrected chi connectivity index (χ4v) is 1.91. The van der Waals surface area contributed by atoms with Crippen molar-refractivity contribution in [2.24, 2.45) is 5.73 Å². The molecule has 1 amide bonds. The lowest BCUT2D eigenvalue weighted by Gasteiger charge is -2.01. The Morgan fingerprint density at radius 2 is 2.28 bits per heavy atom. The van der Waals surface area contributed by atoms with Crippen LogP contribution < -0.4 is 11.1 Å². The number of fused-ring (bicyclic) bond motifs is 1. The molecule has 0 saturated heterocycles. The summed E-state index contributed by atoms with van der Waals surface area (Å²) in [6.45, 7) is 1.13. The van der Waals surface area contributed by atoms with Crippen molar-refractivity contribution in [3.63, 3.8) is 0 Å². The second kappa shape index (κ2) is 6.72. The molecular formula is C11H14BrClN4O. The van der Waals surface area contributed by atoms with Crippen molar-refractivity contribution in [2.75, 3.05) is 13.1 Å². The third-order valence-corrected chi connectivity index (χ3v) is 2.90. The first-order chi connectivity index (χ1) is 8.22. The van der Waals surface area contributed by atoms with Crippen LogP contribution >= 0.6 is 28.3 Å². The lowest BCUT2D eigenvalue weighted by molar-refractivity contribution is 0.0950. The molecule has 0 saturated carbocycles. The number of aromatic amines is 1. The Morgan fingerprint density at radius 3 is 3.00 bits per heavy atom. The third-order valence-electron chi connectivity index (χ3n) is 2.41. The van der Waals surface area contributed by atoms with Crippen molar-refractivity contribution in [3.8, 4) is 0 Å². The zero-order valence-corrected chi connectivity index (χ0v) is 12.0. The van der Waals surface area contributed by atoms with Crippen LogP contribution in [0.15, 0.2) is 22.7 Å². The average Bonchev–Trinajstić information content (AvgIpc) is 2.72. The van der Waals surface area contributed by atoms with E-state index in [1.807, 2.05) is 18.2 Å². The molecular weight excluding hydrogens is 320 g/mol. The van der Waals surface area contributed by atoms with Crippen molar-refractivity contribution < 1.29 is 4.79 Å². The van der Waals surface area contributed by atoms with Gasteiger partial charge in [0, 0.05) is 16.4 Å². The number of nitrogens with two attached hydrogens (primary N) is 1. The number of carbonyl (C=O) groups excluding carboxylic acids is 1. The van der Waals surface area contributed by atoms with Crippen LogP contribution in [0.3, 0.4) is 0 Å². The summed E-state index contributed by atoms with van der Waals surface area (Å²) in [6, 6.07) is 5.65. The lowest BCUT2D eigenvalue weighted by atomic mass is 10.2. The minimum Gasteiger partial charge on any atom is -0.351 e. The maximum absolute atomic E-state index is 11.9. The van der Waals surface area contributed by atoms with E-state index < -0.39 is 0 Å². The summed E-state index contributed by atoms with van der Waals surface area (Å²) in [6.07, 6.45) is 0.762. The van der Waals surface area contributed by atoms with E-state index in [4.69, 9.17) is 5.73 Å². The second-order valence-corrected chi connectivity index (χ2v) is 4.58. The maximum Gasteiger partial charge on any atom is 0.272 e. The van der Waals surface area contributed by atoms with Crippen LogP contribution in [0.1, 0.15) is 16.9 Å². The summed E-state index contributed by atoms with van der Waals surface area (Å²) in [7, 11) is 0. The van der Waals surface area contributed by atoms with Crippen LogP contribution in [0.5, 0.6) is 0 Å². The Labute approximate surface area is 119 Å². The number of rotatable bonds is 4. The van der Waals surface area contributed by atoms with Gasteiger partial charge >= 0.3 is 0 Å². The number of benzene rings is 1. The number of hydrogen-bond acceptors (Lipinski definition) is 3. The van der Waals surface area contributed by atoms with E-state index in [0.717, 1.165) is 21.8 Å². The molecule has 0 aliphatic carbocycles. The van der Waals surface area contributed by atoms with Crippen LogP contribution in [0, 0.1) is 0 Å². The second-order valence-electron chi connectivity index (χ2n) is 3.66. The maximum atomic E-state index is 11.9. The molecule has 1 aromatic heterocycles. The highest BCUT2D eigenvalue weighted by molar-refractivity contribution is 9.10. The normalized spacial score (nSPS) is 10.1. The number of hydrogen-bond donors (Lipinski definition) is 3. The van der Waals surface area contributed by atoms with E-state index in [1.54, 1.807) is 0 Å². The Balaban J connectivity index is 0.00000162. The van der Waals surface area contributed by atoms with E-state index in [9.17, 15) is 4.79 Å². The lowest BCUT2D eigenvalue weighted by Crippen LogP contribution is -2.26. The van der Waals surface area contributed by atoms with Gasteiger partial charge in [-0.25, -0.2) is 0 Å². The molecule has 4 N–H and O–H groups in total. The van der Waals surface area contributed by atoms with Crippen molar-refractivity contribution in [1.29, 1.82) is 0 Å². The number of nitrogens with one attached hydrogen (secondary N) is 2. The number of carbonyl (C=O) groups is 1. The van der Waals surface area contributed by atoms with Gasteiger partial charge in [0.25, 0.3) is 5.91 Å². The molecule has 1 aromatic carbocycles. The smallest absolute Gasteiger partial charge is 0.272 e. The standard InChI is InChI=1S/C11H13BrN4O.ClH/c12-7-2-3-9-8(6-7)10(16-15-9)11(17)14-5-1-4-13;/h2-3,6H,1,4-5,13H2,(H,14,17)(H,15,16);1H. The molecule has 7 heteroatoms. The summed E-state index contributed by atoms with van der Waals surface area (Å²) >= 11 is 3.37. The van der Waals surface area contributed by atoms with E-state index >= 15 is 0 Å². The summed E-state index contributed by atoms with van der Waals surface area (Å²) in [5.41, 5.74) is 6.62. The van der Waals surface area contributed by atoms with Gasteiger partial charge < -0.3 is 11.1 Å². The molecule has 5 nitrogen and oxygen atoms in total. The molecule has 98 valence electrons. The van der Waals surface area contributed by atoms with Gasteiger partial charge in [0.05, 0.1) is 5.52 Å². The molecule has 0 fully saturated rings. The molecule has 18 heavy (non-hydrogen) atoms. The predicted octanol–water partition coefficient (Wildman–Crippen LogP) is 1.83. The quantitative estimate of drug-likeness (QED) is 0.746. The molecule has 0 aliphatic heterocycles. The zero-order valence-electron chi connectivity index (χ0n) is 9.57.